The summed E-state index contributed by atoms with van der Waals surface area (Å²) in [7, 11) is 1.66. The molecule has 3 nitrogen and oxygen atoms in total. The topological polar surface area (TPSA) is 48.1 Å². The number of nitrogens with zero attached hydrogens (tertiary/aromatic N) is 1. The van der Waals surface area contributed by atoms with Crippen LogP contribution in [0, 0.1) is 6.92 Å². The van der Waals surface area contributed by atoms with Crippen LogP contribution < -0.4 is 10.5 Å². The molecule has 2 unspecified atom stereocenters. The molecule has 0 spiro atoms. The third-order valence-corrected chi connectivity index (χ3v) is 6.18. The Morgan fingerprint density at radius 3 is 2.77 bits per heavy atom. The highest BCUT2D eigenvalue weighted by Crippen LogP contribution is 2.45. The number of pyridine rings is 1. The molecule has 0 saturated heterocycles. The summed E-state index contributed by atoms with van der Waals surface area (Å²) in [5.74, 6) is 0.961. The first kappa shape index (κ1) is 17.5. The number of hydrogen-bond acceptors (Lipinski definition) is 3. The maximum atomic E-state index is 6.93. The molecule has 1 aromatic heterocycles. The van der Waals surface area contributed by atoms with Gasteiger partial charge >= 0.3 is 0 Å². The van der Waals surface area contributed by atoms with E-state index < -0.39 is 5.54 Å². The van der Waals surface area contributed by atoms with Gasteiger partial charge in [-0.2, -0.15) is 0 Å². The molecule has 4 rings (SSSR count). The van der Waals surface area contributed by atoms with Crippen LogP contribution in [-0.2, 0) is 12.0 Å². The molecule has 0 saturated carbocycles. The first-order valence-electron chi connectivity index (χ1n) is 8.93. The van der Waals surface area contributed by atoms with Gasteiger partial charge < -0.3 is 10.5 Å². The zero-order chi connectivity index (χ0) is 18.5. The predicted octanol–water partition coefficient (Wildman–Crippen LogP) is 5.22. The summed E-state index contributed by atoms with van der Waals surface area (Å²) in [6.07, 6.45) is 2.15. The molecule has 1 aliphatic carbocycles. The largest absolute Gasteiger partial charge is 0.481 e. The van der Waals surface area contributed by atoms with E-state index in [1.54, 1.807) is 7.11 Å². The van der Waals surface area contributed by atoms with Gasteiger partial charge in [-0.25, -0.2) is 4.98 Å². The van der Waals surface area contributed by atoms with Crippen LogP contribution in [0.15, 0.2) is 46.9 Å². The second-order valence-corrected chi connectivity index (χ2v) is 8.35. The summed E-state index contributed by atoms with van der Waals surface area (Å²) in [6, 6.07) is 15.0. The van der Waals surface area contributed by atoms with Gasteiger partial charge in [0, 0.05) is 26.9 Å². The number of ether oxygens (including phenoxy) is 1. The fourth-order valence-electron chi connectivity index (χ4n) is 4.19. The zero-order valence-electron chi connectivity index (χ0n) is 15.3. The molecule has 1 aliphatic rings. The van der Waals surface area contributed by atoms with Gasteiger partial charge in [0.25, 0.3) is 0 Å². The van der Waals surface area contributed by atoms with Crippen molar-refractivity contribution < 1.29 is 4.74 Å². The van der Waals surface area contributed by atoms with Crippen molar-refractivity contribution in [1.82, 2.24) is 4.98 Å². The first-order chi connectivity index (χ1) is 12.4. The molecule has 26 heavy (non-hydrogen) atoms. The third kappa shape index (κ3) is 2.81. The van der Waals surface area contributed by atoms with Crippen molar-refractivity contribution >= 4 is 26.8 Å². The lowest BCUT2D eigenvalue weighted by atomic mass is 9.77. The Kier molecular flexibility index (Phi) is 4.28. The smallest absolute Gasteiger partial charge is 0.216 e. The predicted molar refractivity (Wildman–Crippen MR) is 110 cm³/mol. The molecular weight excluding hydrogens is 388 g/mol. The maximum absolute atomic E-state index is 6.93. The van der Waals surface area contributed by atoms with Crippen LogP contribution in [0.1, 0.15) is 41.5 Å². The number of fused-ring (bicyclic) bond motifs is 2. The van der Waals surface area contributed by atoms with Gasteiger partial charge in [0.1, 0.15) is 0 Å². The van der Waals surface area contributed by atoms with E-state index >= 15 is 0 Å². The van der Waals surface area contributed by atoms with E-state index in [0.29, 0.717) is 11.8 Å². The minimum Gasteiger partial charge on any atom is -0.481 e. The summed E-state index contributed by atoms with van der Waals surface area (Å²) in [5, 5.41) is 1.11. The second kappa shape index (κ2) is 6.36. The van der Waals surface area contributed by atoms with Crippen molar-refractivity contribution in [3.05, 3.63) is 69.2 Å². The number of methoxy groups -OCH3 is 1. The van der Waals surface area contributed by atoms with E-state index in [2.05, 4.69) is 70.3 Å². The van der Waals surface area contributed by atoms with Crippen LogP contribution in [0.4, 0.5) is 0 Å². The Labute approximate surface area is 162 Å². The summed E-state index contributed by atoms with van der Waals surface area (Å²) in [4.78, 5) is 4.67. The van der Waals surface area contributed by atoms with Gasteiger partial charge in [0.2, 0.25) is 5.88 Å². The Morgan fingerprint density at radius 2 is 2.00 bits per heavy atom. The van der Waals surface area contributed by atoms with Crippen LogP contribution in [0.2, 0.25) is 0 Å². The van der Waals surface area contributed by atoms with Crippen molar-refractivity contribution in [3.63, 3.8) is 0 Å². The number of halogens is 1. The van der Waals surface area contributed by atoms with E-state index in [-0.39, 0.29) is 0 Å². The molecule has 0 aliphatic heterocycles. The average molecular weight is 411 g/mol. The van der Waals surface area contributed by atoms with Crippen molar-refractivity contribution in [2.75, 3.05) is 7.11 Å². The molecule has 1 heterocycles. The van der Waals surface area contributed by atoms with E-state index in [4.69, 9.17) is 10.5 Å². The van der Waals surface area contributed by atoms with Crippen LogP contribution in [-0.4, -0.2) is 12.1 Å². The quantitative estimate of drug-likeness (QED) is 0.643. The number of hydrogen-bond donors (Lipinski definition) is 1. The summed E-state index contributed by atoms with van der Waals surface area (Å²) in [5.41, 5.74) is 12.3. The fourth-order valence-corrected chi connectivity index (χ4v) is 4.57. The lowest BCUT2D eigenvalue weighted by molar-refractivity contribution is 0.386. The van der Waals surface area contributed by atoms with Gasteiger partial charge in [-0.3, -0.25) is 0 Å². The van der Waals surface area contributed by atoms with Crippen molar-refractivity contribution in [2.45, 2.75) is 38.1 Å². The number of nitrogens with two attached hydrogens (primary N) is 1. The van der Waals surface area contributed by atoms with Crippen molar-refractivity contribution in [1.29, 1.82) is 0 Å². The number of rotatable bonds is 3. The molecule has 0 fully saturated rings. The Hall–Kier alpha value is -1.91. The highest BCUT2D eigenvalue weighted by Gasteiger charge is 2.37. The molecule has 134 valence electrons. The molecule has 0 amide bonds. The minimum absolute atomic E-state index is 0.291. The second-order valence-electron chi connectivity index (χ2n) is 7.44. The molecule has 3 aromatic rings. The Balaban J connectivity index is 1.79. The highest BCUT2D eigenvalue weighted by atomic mass is 79.9. The Morgan fingerprint density at radius 1 is 1.19 bits per heavy atom. The first-order valence-corrected chi connectivity index (χ1v) is 9.72. The average Bonchev–Trinajstić information content (AvgIpc) is 3.04. The lowest BCUT2D eigenvalue weighted by Gasteiger charge is -2.33. The van der Waals surface area contributed by atoms with Crippen LogP contribution >= 0.6 is 15.9 Å². The summed E-state index contributed by atoms with van der Waals surface area (Å²) in [6.45, 7) is 4.15. The molecular formula is C22H23BrN2O. The van der Waals surface area contributed by atoms with Crippen LogP contribution in [0.3, 0.4) is 0 Å². The maximum Gasteiger partial charge on any atom is 0.216 e. The highest BCUT2D eigenvalue weighted by molar-refractivity contribution is 9.10. The van der Waals surface area contributed by atoms with Gasteiger partial charge in [-0.05, 0) is 67.6 Å². The fraction of sp³-hybridized carbons (Fsp3) is 0.318. The van der Waals surface area contributed by atoms with Crippen molar-refractivity contribution in [3.8, 4) is 5.88 Å². The molecule has 2 aromatic carbocycles. The summed E-state index contributed by atoms with van der Waals surface area (Å²) < 4.78 is 6.50. The van der Waals surface area contributed by atoms with Gasteiger partial charge in [0.15, 0.2) is 0 Å². The van der Waals surface area contributed by atoms with Crippen LogP contribution in [0.25, 0.3) is 10.9 Å². The van der Waals surface area contributed by atoms with E-state index in [1.165, 1.54) is 11.1 Å². The van der Waals surface area contributed by atoms with E-state index in [1.807, 2.05) is 6.92 Å². The Bertz CT molecular complexity index is 997. The molecule has 2 N–H and O–H groups in total. The molecule has 4 heteroatoms. The standard InChI is InChI=1S/C22H23BrN2O/c1-13-10-15-4-7-16(11-20(15)25-21(13)26-3)22(2,24)19-9-6-14-5-8-17(23)12-18(14)19/h4-5,7-8,10-12,19H,6,9,24H2,1-3H3. The number of aryl methyl sites for hydroxylation is 2. The lowest BCUT2D eigenvalue weighted by Crippen LogP contribution is -2.39. The van der Waals surface area contributed by atoms with Gasteiger partial charge in [-0.15, -0.1) is 0 Å². The molecule has 0 bridgehead atoms. The SMILES string of the molecule is COc1nc2cc(C(C)(N)C3CCc4ccc(Br)cc43)ccc2cc1C. The van der Waals surface area contributed by atoms with Crippen LogP contribution in [0.5, 0.6) is 5.88 Å². The third-order valence-electron chi connectivity index (χ3n) is 5.69. The van der Waals surface area contributed by atoms with Gasteiger partial charge in [-0.1, -0.05) is 34.1 Å². The normalized spacial score (nSPS) is 18.6. The van der Waals surface area contributed by atoms with E-state index in [0.717, 1.165) is 39.3 Å². The van der Waals surface area contributed by atoms with Crippen molar-refractivity contribution in [2.24, 2.45) is 5.73 Å². The number of aromatic nitrogens is 1. The van der Waals surface area contributed by atoms with E-state index in [9.17, 15) is 0 Å². The summed E-state index contributed by atoms with van der Waals surface area (Å²) >= 11 is 3.61. The molecule has 0 radical (unpaired) electrons. The monoisotopic (exact) mass is 410 g/mol. The molecule has 2 atom stereocenters. The zero-order valence-corrected chi connectivity index (χ0v) is 16.9. The minimum atomic E-state index is -0.458. The number of benzene rings is 2. The van der Waals surface area contributed by atoms with Gasteiger partial charge in [0.05, 0.1) is 12.6 Å².